The Labute approximate surface area is 295 Å². The van der Waals surface area contributed by atoms with E-state index in [1.54, 1.807) is 28.4 Å². The van der Waals surface area contributed by atoms with E-state index in [1.165, 1.54) is 20.4 Å². The predicted molar refractivity (Wildman–Crippen MR) is 206 cm³/mol. The van der Waals surface area contributed by atoms with Crippen molar-refractivity contribution in [1.82, 2.24) is 4.57 Å². The average Bonchev–Trinajstić information content (AvgIpc) is 3.80. The van der Waals surface area contributed by atoms with Gasteiger partial charge in [-0.2, -0.15) is 0 Å². The van der Waals surface area contributed by atoms with E-state index < -0.39 is 0 Å². The maximum Gasteiger partial charge on any atom is 0.119 e. The van der Waals surface area contributed by atoms with Gasteiger partial charge in [0.25, 0.3) is 0 Å². The lowest BCUT2D eigenvalue weighted by atomic mass is 10.1. The Morgan fingerprint density at radius 1 is 0.449 bits per heavy atom. The molecule has 0 bridgehead atoms. The number of hydrogen-bond donors (Lipinski definition) is 0. The van der Waals surface area contributed by atoms with E-state index in [0.29, 0.717) is 0 Å². The minimum absolute atomic E-state index is 0.174. The molecule has 250 valence electrons. The predicted octanol–water partition coefficient (Wildman–Crippen LogP) is 11.6. The van der Waals surface area contributed by atoms with Gasteiger partial charge in [-0.1, -0.05) is 0 Å². The van der Waals surface area contributed by atoms with Crippen LogP contribution in [-0.4, -0.2) is 33.0 Å². The van der Waals surface area contributed by atoms with Crippen molar-refractivity contribution in [2.75, 3.05) is 38.2 Å². The van der Waals surface area contributed by atoms with Crippen LogP contribution in [0.25, 0.3) is 20.4 Å². The molecule has 0 spiro atoms. The molecule has 0 unspecified atom stereocenters. The van der Waals surface area contributed by atoms with Crippen LogP contribution in [0.4, 0.5) is 32.8 Å². The summed E-state index contributed by atoms with van der Waals surface area (Å²) in [5, 5.41) is 2.25. The standard InChI is InChI=1S/C40H39N3O4S2/c1-40(2,3)43-34-24-36(41(26-8-16-30(44-4)17-9-26)27-10-18-31(45-5)19-11-27)48-38(34)39-35(43)25-37(49-39)42(28-12-20-32(46-6)21-13-28)29-14-22-33(47-7)23-15-29/h8-25H,1-7H3. The Bertz CT molecular complexity index is 1950. The molecule has 0 aliphatic heterocycles. The molecule has 0 saturated carbocycles. The molecule has 0 saturated heterocycles. The van der Waals surface area contributed by atoms with Crippen LogP contribution in [0.3, 0.4) is 0 Å². The van der Waals surface area contributed by atoms with Crippen LogP contribution in [0.2, 0.25) is 0 Å². The van der Waals surface area contributed by atoms with Gasteiger partial charge in [0.1, 0.15) is 33.0 Å². The molecule has 3 aromatic heterocycles. The van der Waals surface area contributed by atoms with Gasteiger partial charge in [-0.05, 0) is 130 Å². The van der Waals surface area contributed by atoms with Gasteiger partial charge < -0.3 is 33.3 Å². The summed E-state index contributed by atoms with van der Waals surface area (Å²) >= 11 is 3.62. The number of ether oxygens (including phenoxy) is 4. The van der Waals surface area contributed by atoms with Crippen molar-refractivity contribution < 1.29 is 18.9 Å². The van der Waals surface area contributed by atoms with Crippen LogP contribution in [0.5, 0.6) is 23.0 Å². The number of rotatable bonds is 10. The topological polar surface area (TPSA) is 48.3 Å². The first-order valence-corrected chi connectivity index (χ1v) is 17.6. The van der Waals surface area contributed by atoms with E-state index in [1.807, 2.05) is 71.2 Å². The van der Waals surface area contributed by atoms with Gasteiger partial charge in [0.2, 0.25) is 0 Å². The van der Waals surface area contributed by atoms with Crippen molar-refractivity contribution in [2.45, 2.75) is 26.3 Å². The Morgan fingerprint density at radius 2 is 0.714 bits per heavy atom. The highest BCUT2D eigenvalue weighted by Gasteiger charge is 2.28. The summed E-state index contributed by atoms with van der Waals surface area (Å²) in [7, 11) is 6.77. The van der Waals surface area contributed by atoms with E-state index in [4.69, 9.17) is 18.9 Å². The van der Waals surface area contributed by atoms with E-state index in [-0.39, 0.29) is 5.54 Å². The van der Waals surface area contributed by atoms with Gasteiger partial charge in [-0.3, -0.25) is 0 Å². The zero-order valence-corrected chi connectivity index (χ0v) is 30.3. The van der Waals surface area contributed by atoms with Crippen LogP contribution >= 0.6 is 22.7 Å². The Balaban J connectivity index is 1.42. The van der Waals surface area contributed by atoms with Crippen molar-refractivity contribution in [2.24, 2.45) is 0 Å². The first-order valence-electron chi connectivity index (χ1n) is 16.0. The third-order valence-corrected chi connectivity index (χ3v) is 10.9. The summed E-state index contributed by atoms with van der Waals surface area (Å²) in [6, 6.07) is 37.5. The van der Waals surface area contributed by atoms with Crippen molar-refractivity contribution >= 4 is 75.9 Å². The molecule has 0 N–H and O–H groups in total. The number of anilines is 6. The summed E-state index contributed by atoms with van der Waals surface area (Å²) in [5.41, 5.74) is 6.44. The van der Waals surface area contributed by atoms with Crippen LogP contribution in [0, 0.1) is 0 Å². The Kier molecular flexibility index (Phi) is 8.64. The molecule has 7 rings (SSSR count). The number of nitrogens with zero attached hydrogens (tertiary/aromatic N) is 3. The van der Waals surface area contributed by atoms with Crippen LogP contribution in [-0.2, 0) is 5.54 Å². The average molecular weight is 690 g/mol. The molecule has 0 radical (unpaired) electrons. The van der Waals surface area contributed by atoms with Crippen molar-refractivity contribution in [3.63, 3.8) is 0 Å². The zero-order valence-electron chi connectivity index (χ0n) is 28.7. The number of hydrogen-bond acceptors (Lipinski definition) is 8. The highest BCUT2D eigenvalue weighted by atomic mass is 32.1. The van der Waals surface area contributed by atoms with Gasteiger partial charge in [-0.25, -0.2) is 0 Å². The Morgan fingerprint density at radius 3 is 0.939 bits per heavy atom. The van der Waals surface area contributed by atoms with Crippen molar-refractivity contribution in [3.8, 4) is 23.0 Å². The molecule has 0 amide bonds. The molecular weight excluding hydrogens is 651 g/mol. The normalized spacial score (nSPS) is 11.6. The van der Waals surface area contributed by atoms with Crippen LogP contribution in [0.1, 0.15) is 20.8 Å². The second kappa shape index (κ2) is 13.1. The minimum Gasteiger partial charge on any atom is -0.497 e. The largest absolute Gasteiger partial charge is 0.497 e. The number of benzene rings is 4. The molecule has 9 heteroatoms. The number of aromatic nitrogens is 1. The van der Waals surface area contributed by atoms with E-state index >= 15 is 0 Å². The molecule has 49 heavy (non-hydrogen) atoms. The fraction of sp³-hybridized carbons (Fsp3) is 0.200. The van der Waals surface area contributed by atoms with Crippen LogP contribution in [0.15, 0.2) is 109 Å². The SMILES string of the molecule is COc1ccc(N(c2ccc(OC)cc2)c2cc3c(s2)c2sc(N(c4ccc(OC)cc4)c4ccc(OC)cc4)cc2n3C(C)(C)C)cc1. The van der Waals surface area contributed by atoms with E-state index in [0.717, 1.165) is 55.7 Å². The summed E-state index contributed by atoms with van der Waals surface area (Å²) in [5.74, 6) is 3.28. The van der Waals surface area contributed by atoms with Gasteiger partial charge >= 0.3 is 0 Å². The monoisotopic (exact) mass is 689 g/mol. The molecule has 4 aromatic carbocycles. The third-order valence-electron chi connectivity index (χ3n) is 8.52. The fourth-order valence-corrected chi connectivity index (χ4v) is 8.72. The lowest BCUT2D eigenvalue weighted by Crippen LogP contribution is -2.21. The van der Waals surface area contributed by atoms with Crippen molar-refractivity contribution in [1.29, 1.82) is 0 Å². The highest BCUT2D eigenvalue weighted by Crippen LogP contribution is 2.51. The minimum atomic E-state index is -0.174. The fourth-order valence-electron chi connectivity index (χ4n) is 6.20. The van der Waals surface area contributed by atoms with E-state index in [2.05, 4.69) is 95.8 Å². The molecule has 0 atom stereocenters. The lowest BCUT2D eigenvalue weighted by Gasteiger charge is -2.25. The van der Waals surface area contributed by atoms with Gasteiger partial charge in [0.05, 0.1) is 48.9 Å². The molecule has 7 aromatic rings. The molecule has 3 heterocycles. The first-order chi connectivity index (χ1) is 23.7. The smallest absolute Gasteiger partial charge is 0.119 e. The van der Waals surface area contributed by atoms with Crippen molar-refractivity contribution in [3.05, 3.63) is 109 Å². The Hall–Kier alpha value is -5.12. The van der Waals surface area contributed by atoms with Crippen LogP contribution < -0.4 is 28.7 Å². The number of fused-ring (bicyclic) bond motifs is 3. The summed E-state index contributed by atoms with van der Waals surface area (Å²) in [6.45, 7) is 6.82. The number of methoxy groups -OCH3 is 4. The maximum atomic E-state index is 5.49. The summed E-state index contributed by atoms with van der Waals surface area (Å²) in [6.07, 6.45) is 0. The number of thiophene rings is 2. The van der Waals surface area contributed by atoms with Gasteiger partial charge in [0, 0.05) is 28.3 Å². The summed E-state index contributed by atoms with van der Waals surface area (Å²) < 4.78 is 26.9. The van der Waals surface area contributed by atoms with E-state index in [9.17, 15) is 0 Å². The maximum absolute atomic E-state index is 5.49. The third kappa shape index (κ3) is 6.04. The quantitative estimate of drug-likeness (QED) is 0.142. The first kappa shape index (κ1) is 32.4. The molecule has 0 fully saturated rings. The van der Waals surface area contributed by atoms with Gasteiger partial charge in [-0.15, -0.1) is 22.7 Å². The molecule has 7 nitrogen and oxygen atoms in total. The lowest BCUT2D eigenvalue weighted by molar-refractivity contribution is 0.414. The second-order valence-electron chi connectivity index (χ2n) is 12.6. The molecular formula is C40H39N3O4S2. The zero-order chi connectivity index (χ0) is 34.3. The second-order valence-corrected chi connectivity index (χ2v) is 14.6. The highest BCUT2D eigenvalue weighted by molar-refractivity contribution is 7.31. The van der Waals surface area contributed by atoms with Gasteiger partial charge in [0.15, 0.2) is 0 Å². The molecule has 0 aliphatic carbocycles. The molecule has 0 aliphatic rings. The summed E-state index contributed by atoms with van der Waals surface area (Å²) in [4.78, 5) is 4.61.